The molecule has 0 unspecified atom stereocenters. The van der Waals surface area contributed by atoms with Crippen LogP contribution in [0.3, 0.4) is 0 Å². The Bertz CT molecular complexity index is 169. The average molecular weight is 187 g/mol. The molecule has 0 aromatic heterocycles. The van der Waals surface area contributed by atoms with Gasteiger partial charge in [0.2, 0.25) is 5.91 Å². The molecule has 0 saturated carbocycles. The number of rotatable bonds is 3. The van der Waals surface area contributed by atoms with Crippen LogP contribution < -0.4 is 11.3 Å². The summed E-state index contributed by atoms with van der Waals surface area (Å²) in [6, 6.07) is 0.450. The van der Waals surface area contributed by atoms with Crippen LogP contribution in [0.4, 0.5) is 0 Å². The van der Waals surface area contributed by atoms with Crippen LogP contribution >= 0.6 is 0 Å². The second-order valence-electron chi connectivity index (χ2n) is 3.33. The molecule has 5 nitrogen and oxygen atoms in total. The van der Waals surface area contributed by atoms with Crippen LogP contribution in [0.5, 0.6) is 0 Å². The summed E-state index contributed by atoms with van der Waals surface area (Å²) in [6.07, 6.45) is 1.99. The van der Waals surface area contributed by atoms with Crippen LogP contribution in [0.2, 0.25) is 0 Å². The number of amides is 1. The maximum Gasteiger partial charge on any atom is 0.248 e. The van der Waals surface area contributed by atoms with Crippen molar-refractivity contribution in [3.63, 3.8) is 0 Å². The first-order valence-electron chi connectivity index (χ1n) is 4.51. The van der Waals surface area contributed by atoms with Gasteiger partial charge in [-0.25, -0.2) is 5.84 Å². The fourth-order valence-corrected chi connectivity index (χ4v) is 1.53. The third-order valence-corrected chi connectivity index (χ3v) is 2.37. The summed E-state index contributed by atoms with van der Waals surface area (Å²) in [4.78, 5) is 13.0. The maximum atomic E-state index is 11.0. The van der Waals surface area contributed by atoms with E-state index in [1.165, 1.54) is 0 Å². The third-order valence-electron chi connectivity index (χ3n) is 2.37. The molecule has 0 spiro atoms. The minimum atomic E-state index is -0.144. The Morgan fingerprint density at radius 1 is 1.62 bits per heavy atom. The Kier molecular flexibility index (Phi) is 4.14. The highest BCUT2D eigenvalue weighted by molar-refractivity contribution is 5.77. The zero-order chi connectivity index (χ0) is 9.68. The van der Waals surface area contributed by atoms with Gasteiger partial charge in [-0.3, -0.25) is 15.1 Å². The van der Waals surface area contributed by atoms with Crippen LogP contribution in [-0.4, -0.2) is 43.7 Å². The van der Waals surface area contributed by atoms with Crippen molar-refractivity contribution in [3.05, 3.63) is 0 Å². The van der Waals surface area contributed by atoms with E-state index in [9.17, 15) is 4.79 Å². The molecule has 1 fully saturated rings. The molecule has 0 radical (unpaired) electrons. The van der Waals surface area contributed by atoms with E-state index < -0.39 is 0 Å². The van der Waals surface area contributed by atoms with E-state index in [2.05, 4.69) is 5.43 Å². The maximum absolute atomic E-state index is 11.0. The van der Waals surface area contributed by atoms with Gasteiger partial charge in [-0.2, -0.15) is 0 Å². The first-order valence-corrected chi connectivity index (χ1v) is 4.51. The number of hydrazine groups is 1. The second-order valence-corrected chi connectivity index (χ2v) is 3.33. The van der Waals surface area contributed by atoms with Crippen LogP contribution in [0, 0.1) is 0 Å². The molecule has 0 aromatic rings. The zero-order valence-electron chi connectivity index (χ0n) is 7.95. The monoisotopic (exact) mass is 187 g/mol. The molecule has 1 amide bonds. The number of nitrogens with two attached hydrogens (primary N) is 1. The Morgan fingerprint density at radius 2 is 2.23 bits per heavy atom. The summed E-state index contributed by atoms with van der Waals surface area (Å²) in [5.41, 5.74) is 2.12. The fourth-order valence-electron chi connectivity index (χ4n) is 1.53. The molecule has 1 heterocycles. The van der Waals surface area contributed by atoms with E-state index in [0.717, 1.165) is 26.1 Å². The van der Waals surface area contributed by atoms with E-state index in [4.69, 9.17) is 10.6 Å². The van der Waals surface area contributed by atoms with Crippen molar-refractivity contribution in [2.75, 3.05) is 26.8 Å². The molecule has 1 rings (SSSR count). The predicted molar refractivity (Wildman–Crippen MR) is 48.8 cm³/mol. The molecule has 1 aliphatic heterocycles. The Morgan fingerprint density at radius 3 is 2.77 bits per heavy atom. The molecule has 1 aliphatic rings. The number of ether oxygens (including phenoxy) is 1. The van der Waals surface area contributed by atoms with E-state index in [-0.39, 0.29) is 5.91 Å². The van der Waals surface area contributed by atoms with Gasteiger partial charge < -0.3 is 4.74 Å². The Balaban J connectivity index is 2.28. The highest BCUT2D eigenvalue weighted by Gasteiger charge is 2.19. The Hall–Kier alpha value is -0.650. The summed E-state index contributed by atoms with van der Waals surface area (Å²) in [7, 11) is 1.94. The highest BCUT2D eigenvalue weighted by atomic mass is 16.5. The summed E-state index contributed by atoms with van der Waals surface area (Å²) in [6.45, 7) is 1.94. The smallest absolute Gasteiger partial charge is 0.248 e. The van der Waals surface area contributed by atoms with Crippen molar-refractivity contribution in [3.8, 4) is 0 Å². The van der Waals surface area contributed by atoms with Gasteiger partial charge in [-0.05, 0) is 19.9 Å². The second kappa shape index (κ2) is 5.16. The lowest BCUT2D eigenvalue weighted by atomic mass is 10.1. The van der Waals surface area contributed by atoms with Gasteiger partial charge in [0.25, 0.3) is 0 Å². The van der Waals surface area contributed by atoms with Crippen LogP contribution in [0.25, 0.3) is 0 Å². The lowest BCUT2D eigenvalue weighted by Gasteiger charge is -2.30. The van der Waals surface area contributed by atoms with Gasteiger partial charge in [-0.15, -0.1) is 0 Å². The van der Waals surface area contributed by atoms with E-state index in [0.29, 0.717) is 12.6 Å². The largest absolute Gasteiger partial charge is 0.381 e. The molecule has 0 aliphatic carbocycles. The number of likely N-dealkylation sites (N-methyl/N-ethyl adjacent to an activating group) is 1. The first-order chi connectivity index (χ1) is 6.24. The summed E-state index contributed by atoms with van der Waals surface area (Å²) in [5.74, 6) is 4.85. The predicted octanol–water partition coefficient (Wildman–Crippen LogP) is -0.913. The number of carbonyl (C=O) groups is 1. The number of carbonyl (C=O) groups excluding carboxylic acids is 1. The number of nitrogens with one attached hydrogen (secondary N) is 1. The molecular weight excluding hydrogens is 170 g/mol. The topological polar surface area (TPSA) is 67.6 Å². The van der Waals surface area contributed by atoms with Crippen molar-refractivity contribution in [1.82, 2.24) is 10.3 Å². The third kappa shape index (κ3) is 3.30. The van der Waals surface area contributed by atoms with Crippen molar-refractivity contribution in [2.45, 2.75) is 18.9 Å². The van der Waals surface area contributed by atoms with Gasteiger partial charge in [0, 0.05) is 19.3 Å². The molecule has 1 saturated heterocycles. The van der Waals surface area contributed by atoms with Gasteiger partial charge in [0.1, 0.15) is 0 Å². The Labute approximate surface area is 78.2 Å². The van der Waals surface area contributed by atoms with Gasteiger partial charge in [-0.1, -0.05) is 0 Å². The van der Waals surface area contributed by atoms with E-state index >= 15 is 0 Å². The van der Waals surface area contributed by atoms with Gasteiger partial charge >= 0.3 is 0 Å². The van der Waals surface area contributed by atoms with Gasteiger partial charge in [0.15, 0.2) is 0 Å². The first kappa shape index (κ1) is 10.4. The molecule has 76 valence electrons. The van der Waals surface area contributed by atoms with Crippen LogP contribution in [0.15, 0.2) is 0 Å². The highest BCUT2D eigenvalue weighted by Crippen LogP contribution is 2.11. The minimum Gasteiger partial charge on any atom is -0.381 e. The molecule has 0 atom stereocenters. The van der Waals surface area contributed by atoms with Crippen molar-refractivity contribution >= 4 is 5.91 Å². The molecule has 5 heteroatoms. The summed E-state index contributed by atoms with van der Waals surface area (Å²) in [5, 5.41) is 0. The summed E-state index contributed by atoms with van der Waals surface area (Å²) < 4.78 is 5.23. The number of hydrogen-bond acceptors (Lipinski definition) is 4. The number of hydrogen-bond donors (Lipinski definition) is 2. The van der Waals surface area contributed by atoms with Crippen LogP contribution in [-0.2, 0) is 9.53 Å². The molecule has 0 bridgehead atoms. The van der Waals surface area contributed by atoms with E-state index in [1.54, 1.807) is 0 Å². The summed E-state index contributed by atoms with van der Waals surface area (Å²) >= 11 is 0. The van der Waals surface area contributed by atoms with Gasteiger partial charge in [0.05, 0.1) is 6.54 Å². The normalized spacial score (nSPS) is 19.0. The standard InChI is InChI=1S/C8H17N3O2/c1-11(6-8(12)10-9)7-2-4-13-5-3-7/h7H,2-6,9H2,1H3,(H,10,12). The molecule has 13 heavy (non-hydrogen) atoms. The lowest BCUT2D eigenvalue weighted by molar-refractivity contribution is -0.122. The van der Waals surface area contributed by atoms with Crippen molar-refractivity contribution in [2.24, 2.45) is 5.84 Å². The zero-order valence-corrected chi connectivity index (χ0v) is 7.95. The number of nitrogens with zero attached hydrogens (tertiary/aromatic N) is 1. The van der Waals surface area contributed by atoms with Crippen molar-refractivity contribution < 1.29 is 9.53 Å². The van der Waals surface area contributed by atoms with E-state index in [1.807, 2.05) is 11.9 Å². The van der Waals surface area contributed by atoms with Crippen molar-refractivity contribution in [1.29, 1.82) is 0 Å². The SMILES string of the molecule is CN(CC(=O)NN)C1CCOCC1. The fraction of sp³-hybridized carbons (Fsp3) is 0.875. The quantitative estimate of drug-likeness (QED) is 0.341. The minimum absolute atomic E-state index is 0.144. The lowest BCUT2D eigenvalue weighted by Crippen LogP contribution is -2.44. The molecule has 3 N–H and O–H groups in total. The molecule has 0 aromatic carbocycles. The molecular formula is C8H17N3O2. The van der Waals surface area contributed by atoms with Crippen LogP contribution in [0.1, 0.15) is 12.8 Å². The average Bonchev–Trinajstić information content (AvgIpc) is 2.19.